The summed E-state index contributed by atoms with van der Waals surface area (Å²) in [6.07, 6.45) is 0. The molecule has 10 nitrogen and oxygen atoms in total. The molecule has 12 heteroatoms. The Morgan fingerprint density at radius 3 is 2.06 bits per heavy atom. The molecule has 1 amide bonds. The number of sulfonamides is 1. The van der Waals surface area contributed by atoms with E-state index < -0.39 is 27.5 Å². The molecule has 2 N–H and O–H groups in total. The van der Waals surface area contributed by atoms with Crippen molar-refractivity contribution >= 4 is 39.2 Å². The van der Waals surface area contributed by atoms with E-state index in [1.165, 1.54) is 60.3 Å². The van der Waals surface area contributed by atoms with Crippen LogP contribution in [0.5, 0.6) is 17.2 Å². The molecule has 0 aliphatic rings. The average Bonchev–Trinajstić information content (AvgIpc) is 2.77. The largest absolute Gasteiger partial charge is 0.493 e. The molecule has 0 aliphatic carbocycles. The van der Waals surface area contributed by atoms with Crippen molar-refractivity contribution in [1.29, 1.82) is 0 Å². The molecule has 0 unspecified atom stereocenters. The molecule has 0 saturated carbocycles. The van der Waals surface area contributed by atoms with Crippen molar-refractivity contribution in [2.75, 3.05) is 26.6 Å². The zero-order valence-corrected chi connectivity index (χ0v) is 21.2. The summed E-state index contributed by atoms with van der Waals surface area (Å²) in [6, 6.07) is 7.09. The van der Waals surface area contributed by atoms with E-state index in [4.69, 9.17) is 30.5 Å². The summed E-state index contributed by atoms with van der Waals surface area (Å²) in [5.74, 6) is -0.0868. The lowest BCUT2D eigenvalue weighted by atomic mass is 10.1. The fourth-order valence-corrected chi connectivity index (χ4v) is 4.28. The fourth-order valence-electron chi connectivity index (χ4n) is 2.94. The minimum absolute atomic E-state index is 0.0114. The molecule has 0 aromatic heterocycles. The first-order valence-electron chi connectivity index (χ1n) is 9.93. The summed E-state index contributed by atoms with van der Waals surface area (Å²) in [7, 11) is 0.432. The second-order valence-corrected chi connectivity index (χ2v) is 9.73. The number of methoxy groups -OCH3 is 3. The third-order valence-electron chi connectivity index (χ3n) is 4.64. The number of rotatable bonds is 10. The van der Waals surface area contributed by atoms with Gasteiger partial charge < -0.3 is 24.3 Å². The van der Waals surface area contributed by atoms with E-state index >= 15 is 0 Å². The highest BCUT2D eigenvalue weighted by Gasteiger charge is 2.31. The number of esters is 1. The zero-order valence-electron chi connectivity index (χ0n) is 19.6. The van der Waals surface area contributed by atoms with Crippen LogP contribution in [0.15, 0.2) is 35.2 Å². The van der Waals surface area contributed by atoms with Crippen LogP contribution in [0.4, 0.5) is 5.69 Å². The monoisotopic (exact) mass is 514 g/mol. The third-order valence-corrected chi connectivity index (χ3v) is 6.35. The number of hydrogen-bond acceptors (Lipinski definition) is 8. The van der Waals surface area contributed by atoms with Gasteiger partial charge in [-0.3, -0.25) is 9.59 Å². The van der Waals surface area contributed by atoms with Crippen LogP contribution in [0.3, 0.4) is 0 Å². The Kier molecular flexibility index (Phi) is 8.76. The molecule has 34 heavy (non-hydrogen) atoms. The van der Waals surface area contributed by atoms with Crippen LogP contribution < -0.4 is 24.2 Å². The van der Waals surface area contributed by atoms with Gasteiger partial charge in [0.15, 0.2) is 17.1 Å². The zero-order chi connectivity index (χ0) is 25.7. The van der Waals surface area contributed by atoms with E-state index in [1.54, 1.807) is 12.1 Å². The topological polar surface area (TPSA) is 129 Å². The Bertz CT molecular complexity index is 1160. The summed E-state index contributed by atoms with van der Waals surface area (Å²) in [6.45, 7) is 3.96. The second-order valence-electron chi connectivity index (χ2n) is 7.56. The van der Waals surface area contributed by atoms with E-state index in [2.05, 4.69) is 10.0 Å². The molecule has 0 radical (unpaired) electrons. The highest BCUT2D eigenvalue weighted by molar-refractivity contribution is 7.89. The van der Waals surface area contributed by atoms with E-state index in [1.807, 2.05) is 0 Å². The molecule has 2 aromatic carbocycles. The first-order valence-corrected chi connectivity index (χ1v) is 11.8. The number of halogens is 1. The first-order chi connectivity index (χ1) is 15.8. The quantitative estimate of drug-likeness (QED) is 0.463. The third kappa shape index (κ3) is 6.52. The van der Waals surface area contributed by atoms with Crippen LogP contribution in [0.25, 0.3) is 0 Å². The van der Waals surface area contributed by atoms with Gasteiger partial charge in [-0.1, -0.05) is 11.6 Å². The van der Waals surface area contributed by atoms with Crippen molar-refractivity contribution in [3.63, 3.8) is 0 Å². The van der Waals surface area contributed by atoms with Crippen molar-refractivity contribution in [2.45, 2.75) is 37.8 Å². The van der Waals surface area contributed by atoms with Gasteiger partial charge in [-0.2, -0.15) is 0 Å². The maximum absolute atomic E-state index is 12.8. The van der Waals surface area contributed by atoms with Crippen molar-refractivity contribution < 1.29 is 37.0 Å². The number of hydrogen-bond donors (Lipinski definition) is 2. The van der Waals surface area contributed by atoms with Gasteiger partial charge in [0.2, 0.25) is 15.8 Å². The molecule has 0 saturated heterocycles. The smallest absolute Gasteiger partial charge is 0.303 e. The van der Waals surface area contributed by atoms with Crippen molar-refractivity contribution in [3.8, 4) is 17.2 Å². The van der Waals surface area contributed by atoms with Gasteiger partial charge in [-0.25, -0.2) is 13.1 Å². The number of benzene rings is 2. The number of amides is 1. The molecular formula is C22H27ClN2O8S. The number of carbonyl (C=O) groups is 2. The van der Waals surface area contributed by atoms with Gasteiger partial charge in [-0.15, -0.1) is 0 Å². The van der Waals surface area contributed by atoms with E-state index in [9.17, 15) is 18.0 Å². The SMILES string of the molecule is COc1cc(CNS(=O)(=O)c2ccc(NC(=O)C(C)(C)OC(C)=O)c(Cl)c2)cc(OC)c1OC. The van der Waals surface area contributed by atoms with E-state index in [0.29, 0.717) is 22.8 Å². The van der Waals surface area contributed by atoms with Gasteiger partial charge in [0.25, 0.3) is 5.91 Å². The molecular weight excluding hydrogens is 488 g/mol. The maximum atomic E-state index is 12.8. The average molecular weight is 515 g/mol. The summed E-state index contributed by atoms with van der Waals surface area (Å²) < 4.78 is 48.9. The predicted octanol–water partition coefficient (Wildman–Crippen LogP) is 3.12. The van der Waals surface area contributed by atoms with Crippen LogP contribution in [0.2, 0.25) is 5.02 Å². The summed E-state index contributed by atoms with van der Waals surface area (Å²) >= 11 is 6.20. The van der Waals surface area contributed by atoms with Crippen LogP contribution in [0.1, 0.15) is 26.3 Å². The normalized spacial score (nSPS) is 11.5. The molecule has 2 aromatic rings. The Labute approximate surface area is 203 Å². The van der Waals surface area contributed by atoms with Crippen LogP contribution in [0, 0.1) is 0 Å². The Morgan fingerprint density at radius 2 is 1.59 bits per heavy atom. The standard InChI is InChI=1S/C22H27ClN2O8S/c1-13(26)33-22(2,3)21(27)25-17-8-7-15(11-16(17)23)34(28,29)24-12-14-9-18(30-4)20(32-6)19(10-14)31-5/h7-11,24H,12H2,1-6H3,(H,25,27). The summed E-state index contributed by atoms with van der Waals surface area (Å²) in [5, 5.41) is 2.51. The maximum Gasteiger partial charge on any atom is 0.303 e. The van der Waals surface area contributed by atoms with Crippen LogP contribution in [-0.2, 0) is 30.9 Å². The lowest BCUT2D eigenvalue weighted by Crippen LogP contribution is -2.41. The van der Waals surface area contributed by atoms with Gasteiger partial charge in [0.1, 0.15) is 0 Å². The van der Waals surface area contributed by atoms with E-state index in [0.717, 1.165) is 0 Å². The molecule has 0 atom stereocenters. The lowest BCUT2D eigenvalue weighted by Gasteiger charge is -2.23. The number of nitrogens with one attached hydrogen (secondary N) is 2. The molecule has 2 rings (SSSR count). The minimum Gasteiger partial charge on any atom is -0.493 e. The summed E-state index contributed by atoms with van der Waals surface area (Å²) in [5.41, 5.74) is -0.710. The highest BCUT2D eigenvalue weighted by Crippen LogP contribution is 2.38. The fraction of sp³-hybridized carbons (Fsp3) is 0.364. The Morgan fingerprint density at radius 1 is 1.00 bits per heavy atom. The van der Waals surface area contributed by atoms with Crippen molar-refractivity contribution in [2.24, 2.45) is 0 Å². The predicted molar refractivity (Wildman–Crippen MR) is 126 cm³/mol. The lowest BCUT2D eigenvalue weighted by molar-refractivity contribution is -0.160. The van der Waals surface area contributed by atoms with Gasteiger partial charge >= 0.3 is 5.97 Å². The molecule has 0 aliphatic heterocycles. The molecule has 0 fully saturated rings. The van der Waals surface area contributed by atoms with Crippen LogP contribution >= 0.6 is 11.6 Å². The molecule has 0 spiro atoms. The summed E-state index contributed by atoms with van der Waals surface area (Å²) in [4.78, 5) is 23.5. The number of anilines is 1. The Balaban J connectivity index is 2.20. The second kappa shape index (κ2) is 10.9. The highest BCUT2D eigenvalue weighted by atomic mass is 35.5. The number of ether oxygens (including phenoxy) is 4. The first kappa shape index (κ1) is 27.2. The van der Waals surface area contributed by atoms with Crippen LogP contribution in [-0.4, -0.2) is 47.2 Å². The van der Waals surface area contributed by atoms with E-state index in [-0.39, 0.29) is 22.2 Å². The minimum atomic E-state index is -3.95. The molecule has 0 heterocycles. The van der Waals surface area contributed by atoms with Gasteiger partial charge in [-0.05, 0) is 49.7 Å². The van der Waals surface area contributed by atoms with Crippen molar-refractivity contribution in [1.82, 2.24) is 4.72 Å². The molecule has 0 bridgehead atoms. The van der Waals surface area contributed by atoms with Gasteiger partial charge in [0.05, 0.1) is 36.9 Å². The Hall–Kier alpha value is -3.02. The van der Waals surface area contributed by atoms with Crippen molar-refractivity contribution in [3.05, 3.63) is 40.9 Å². The van der Waals surface area contributed by atoms with Gasteiger partial charge in [0, 0.05) is 13.5 Å². The molecule has 186 valence electrons. The number of carbonyl (C=O) groups excluding carboxylic acids is 2.